The lowest BCUT2D eigenvalue weighted by Gasteiger charge is -2.17. The summed E-state index contributed by atoms with van der Waals surface area (Å²) >= 11 is 18.3. The van der Waals surface area contributed by atoms with Crippen LogP contribution >= 0.6 is 34.8 Å². The third kappa shape index (κ3) is 4.53. The molecule has 3 aromatic carbocycles. The van der Waals surface area contributed by atoms with Crippen LogP contribution in [0, 0.1) is 13.8 Å². The first-order valence-corrected chi connectivity index (χ1v) is 11.2. The van der Waals surface area contributed by atoms with Crippen molar-refractivity contribution in [2.24, 2.45) is 0 Å². The quantitative estimate of drug-likeness (QED) is 0.246. The summed E-state index contributed by atoms with van der Waals surface area (Å²) in [5.74, 6) is -1.45. The molecule has 0 unspecified atom stereocenters. The highest BCUT2D eigenvalue weighted by Crippen LogP contribution is 2.35. The number of nitrogens with zero attached hydrogens (tertiary/aromatic N) is 1. The number of esters is 1. The first kappa shape index (κ1) is 23.8. The SMILES string of the molecule is Cc1cccc(OC(=O)c2ccc(NC3=C(Cl)C(=O)N(c4cc(Cl)ccc4Cl)C3=O)cc2)c1C. The van der Waals surface area contributed by atoms with Gasteiger partial charge in [0.2, 0.25) is 0 Å². The second-order valence-corrected chi connectivity index (χ2v) is 8.74. The molecule has 0 bridgehead atoms. The fourth-order valence-electron chi connectivity index (χ4n) is 3.31. The molecule has 0 spiro atoms. The number of halogens is 3. The smallest absolute Gasteiger partial charge is 0.343 e. The van der Waals surface area contributed by atoms with E-state index in [4.69, 9.17) is 39.5 Å². The number of carbonyl (C=O) groups is 3. The van der Waals surface area contributed by atoms with Crippen LogP contribution in [0.4, 0.5) is 11.4 Å². The molecule has 1 N–H and O–H groups in total. The minimum Gasteiger partial charge on any atom is -0.423 e. The lowest BCUT2D eigenvalue weighted by atomic mass is 10.1. The molecule has 0 saturated heterocycles. The van der Waals surface area contributed by atoms with Gasteiger partial charge in [0.1, 0.15) is 16.5 Å². The Bertz CT molecular complexity index is 1370. The van der Waals surface area contributed by atoms with E-state index in [1.807, 2.05) is 26.0 Å². The van der Waals surface area contributed by atoms with Gasteiger partial charge in [0.25, 0.3) is 11.8 Å². The number of rotatable bonds is 5. The molecule has 0 radical (unpaired) electrons. The molecule has 172 valence electrons. The maximum Gasteiger partial charge on any atom is 0.343 e. The van der Waals surface area contributed by atoms with Crippen LogP contribution in [0.2, 0.25) is 10.0 Å². The van der Waals surface area contributed by atoms with Gasteiger partial charge in [-0.3, -0.25) is 9.59 Å². The molecule has 0 aromatic heterocycles. The van der Waals surface area contributed by atoms with Crippen molar-refractivity contribution in [2.75, 3.05) is 10.2 Å². The molecule has 1 aliphatic rings. The van der Waals surface area contributed by atoms with Gasteiger partial charge >= 0.3 is 5.97 Å². The number of hydrogen-bond acceptors (Lipinski definition) is 5. The molecule has 9 heteroatoms. The van der Waals surface area contributed by atoms with E-state index in [-0.39, 0.29) is 21.4 Å². The summed E-state index contributed by atoms with van der Waals surface area (Å²) in [6.07, 6.45) is 0. The number of amides is 2. The molecule has 4 rings (SSSR count). The van der Waals surface area contributed by atoms with E-state index >= 15 is 0 Å². The fraction of sp³-hybridized carbons (Fsp3) is 0.0800. The summed E-state index contributed by atoms with van der Waals surface area (Å²) in [6.45, 7) is 3.81. The highest BCUT2D eigenvalue weighted by Gasteiger charge is 2.40. The fourth-order valence-corrected chi connectivity index (χ4v) is 3.90. The normalized spacial score (nSPS) is 13.5. The molecule has 6 nitrogen and oxygen atoms in total. The number of imide groups is 1. The third-order valence-electron chi connectivity index (χ3n) is 5.32. The predicted molar refractivity (Wildman–Crippen MR) is 133 cm³/mol. The molecule has 3 aromatic rings. The number of anilines is 2. The zero-order chi connectivity index (χ0) is 24.6. The van der Waals surface area contributed by atoms with Gasteiger partial charge in [0, 0.05) is 10.7 Å². The van der Waals surface area contributed by atoms with Crippen LogP contribution in [-0.4, -0.2) is 17.8 Å². The highest BCUT2D eigenvalue weighted by molar-refractivity contribution is 6.54. The number of aryl methyl sites for hydroxylation is 1. The summed E-state index contributed by atoms with van der Waals surface area (Å²) in [4.78, 5) is 39.0. The Morgan fingerprint density at radius 2 is 1.62 bits per heavy atom. The van der Waals surface area contributed by atoms with Crippen molar-refractivity contribution in [2.45, 2.75) is 13.8 Å². The van der Waals surface area contributed by atoms with Crippen molar-refractivity contribution in [3.63, 3.8) is 0 Å². The molecule has 2 amide bonds. The monoisotopic (exact) mass is 514 g/mol. The molecular weight excluding hydrogens is 499 g/mol. The minimum absolute atomic E-state index is 0.117. The van der Waals surface area contributed by atoms with Gasteiger partial charge in [-0.1, -0.05) is 46.9 Å². The van der Waals surface area contributed by atoms with Gasteiger partial charge in [0.05, 0.1) is 16.3 Å². The Balaban J connectivity index is 1.51. The zero-order valence-electron chi connectivity index (χ0n) is 18.0. The summed E-state index contributed by atoms with van der Waals surface area (Å²) < 4.78 is 5.50. The Kier molecular flexibility index (Phi) is 6.66. The van der Waals surface area contributed by atoms with Gasteiger partial charge in [-0.25, -0.2) is 9.69 Å². The summed E-state index contributed by atoms with van der Waals surface area (Å²) in [6, 6.07) is 16.1. The van der Waals surface area contributed by atoms with Crippen LogP contribution in [0.3, 0.4) is 0 Å². The second kappa shape index (κ2) is 9.50. The van der Waals surface area contributed by atoms with E-state index in [2.05, 4.69) is 5.32 Å². The standard InChI is InChI=1S/C25H17Cl3N2O4/c1-13-4-3-5-20(14(13)2)34-25(33)15-6-9-17(10-7-15)29-22-21(28)23(31)30(24(22)32)19-12-16(26)8-11-18(19)27/h3-12,29H,1-2H3. The average molecular weight is 516 g/mol. The minimum atomic E-state index is -0.730. The predicted octanol–water partition coefficient (Wildman–Crippen LogP) is 6.27. The van der Waals surface area contributed by atoms with Crippen molar-refractivity contribution in [1.29, 1.82) is 0 Å². The van der Waals surface area contributed by atoms with Gasteiger partial charge in [-0.2, -0.15) is 0 Å². The van der Waals surface area contributed by atoms with Gasteiger partial charge in [-0.15, -0.1) is 0 Å². The maximum atomic E-state index is 13.0. The Labute approximate surface area is 210 Å². The second-order valence-electron chi connectivity index (χ2n) is 7.52. The van der Waals surface area contributed by atoms with Crippen molar-refractivity contribution in [3.8, 4) is 5.75 Å². The lowest BCUT2D eigenvalue weighted by Crippen LogP contribution is -2.32. The van der Waals surface area contributed by atoms with Gasteiger partial charge in [-0.05, 0) is 73.5 Å². The van der Waals surface area contributed by atoms with E-state index in [0.29, 0.717) is 22.0 Å². The average Bonchev–Trinajstić information content (AvgIpc) is 3.02. The lowest BCUT2D eigenvalue weighted by molar-refractivity contribution is -0.120. The van der Waals surface area contributed by atoms with Crippen molar-refractivity contribution in [3.05, 3.63) is 98.1 Å². The molecule has 0 fully saturated rings. The van der Waals surface area contributed by atoms with Crippen LogP contribution in [0.15, 0.2) is 71.4 Å². The topological polar surface area (TPSA) is 75.7 Å². The Morgan fingerprint density at radius 1 is 0.912 bits per heavy atom. The summed E-state index contributed by atoms with van der Waals surface area (Å²) in [5, 5.41) is 3.03. The maximum absolute atomic E-state index is 13.0. The van der Waals surface area contributed by atoms with Gasteiger partial charge in [0.15, 0.2) is 0 Å². The number of nitrogens with one attached hydrogen (secondary N) is 1. The molecule has 0 aliphatic carbocycles. The Morgan fingerprint density at radius 3 is 2.32 bits per heavy atom. The van der Waals surface area contributed by atoms with E-state index in [0.717, 1.165) is 16.0 Å². The third-order valence-corrected chi connectivity index (χ3v) is 6.23. The van der Waals surface area contributed by atoms with E-state index in [1.165, 1.54) is 24.3 Å². The van der Waals surface area contributed by atoms with Crippen molar-refractivity contribution in [1.82, 2.24) is 0 Å². The van der Waals surface area contributed by atoms with Crippen molar-refractivity contribution >= 4 is 64.0 Å². The number of ether oxygens (including phenoxy) is 1. The molecule has 1 aliphatic heterocycles. The van der Waals surface area contributed by atoms with E-state index in [9.17, 15) is 14.4 Å². The summed E-state index contributed by atoms with van der Waals surface area (Å²) in [5.41, 5.74) is 2.66. The Hall–Kier alpha value is -3.32. The number of hydrogen-bond donors (Lipinski definition) is 1. The van der Waals surface area contributed by atoms with E-state index < -0.39 is 17.8 Å². The molecular formula is C25H17Cl3N2O4. The highest BCUT2D eigenvalue weighted by atomic mass is 35.5. The van der Waals surface area contributed by atoms with Crippen LogP contribution in [-0.2, 0) is 9.59 Å². The molecule has 1 heterocycles. The first-order valence-electron chi connectivity index (χ1n) is 10.1. The van der Waals surface area contributed by atoms with Crippen LogP contribution < -0.4 is 15.0 Å². The van der Waals surface area contributed by atoms with Crippen LogP contribution in [0.5, 0.6) is 5.75 Å². The largest absolute Gasteiger partial charge is 0.423 e. The van der Waals surface area contributed by atoms with Crippen molar-refractivity contribution < 1.29 is 19.1 Å². The van der Waals surface area contributed by atoms with Crippen LogP contribution in [0.1, 0.15) is 21.5 Å². The number of carbonyl (C=O) groups excluding carboxylic acids is 3. The summed E-state index contributed by atoms with van der Waals surface area (Å²) in [7, 11) is 0. The van der Waals surface area contributed by atoms with E-state index in [1.54, 1.807) is 24.3 Å². The first-order chi connectivity index (χ1) is 16.2. The zero-order valence-corrected chi connectivity index (χ0v) is 20.3. The number of benzene rings is 3. The molecule has 0 saturated carbocycles. The van der Waals surface area contributed by atoms with Crippen LogP contribution in [0.25, 0.3) is 0 Å². The molecule has 0 atom stereocenters. The molecule has 34 heavy (non-hydrogen) atoms. The van der Waals surface area contributed by atoms with Gasteiger partial charge < -0.3 is 10.1 Å².